The summed E-state index contributed by atoms with van der Waals surface area (Å²) in [5.74, 6) is 0.452. The summed E-state index contributed by atoms with van der Waals surface area (Å²) in [6.07, 6.45) is 4.65. The quantitative estimate of drug-likeness (QED) is 0.239. The van der Waals surface area contributed by atoms with E-state index < -0.39 is 0 Å². The first-order chi connectivity index (χ1) is 18.2. The molecular weight excluding hydrogens is 488 g/mol. The predicted octanol–water partition coefficient (Wildman–Crippen LogP) is 4.04. The number of aryl methyl sites for hydroxylation is 1. The monoisotopic (exact) mass is 519 g/mol. The lowest BCUT2D eigenvalue weighted by molar-refractivity contribution is -0.111. The van der Waals surface area contributed by atoms with Crippen LogP contribution in [0.15, 0.2) is 55.4 Å². The molecule has 0 aliphatic heterocycles. The SMILES string of the molecule is C=CC(=O)[15NH]c1cc(Nc2nccc(-c3cn(C)c4c(F)cccc34)n2)c(OC)nc1N(C)CCN(C)C. The lowest BCUT2D eigenvalue weighted by Crippen LogP contribution is -2.30. The topological polar surface area (TPSA) is 100 Å². The van der Waals surface area contributed by atoms with E-state index in [0.29, 0.717) is 40.8 Å². The van der Waals surface area contributed by atoms with E-state index in [0.717, 1.165) is 17.5 Å². The highest BCUT2D eigenvalue weighted by Gasteiger charge is 2.19. The number of amides is 1. The average Bonchev–Trinajstić information content (AvgIpc) is 3.25. The van der Waals surface area contributed by atoms with Crippen LogP contribution in [0.2, 0.25) is 0 Å². The van der Waals surface area contributed by atoms with E-state index in [1.807, 2.05) is 38.3 Å². The Morgan fingerprint density at radius 2 is 1.97 bits per heavy atom. The third-order valence-corrected chi connectivity index (χ3v) is 5.98. The summed E-state index contributed by atoms with van der Waals surface area (Å²) in [7, 11) is 9.17. The molecule has 0 radical (unpaired) electrons. The van der Waals surface area contributed by atoms with Crippen LogP contribution >= 0.6 is 0 Å². The highest BCUT2D eigenvalue weighted by molar-refractivity contribution is 6.01. The van der Waals surface area contributed by atoms with Crippen molar-refractivity contribution < 1.29 is 13.9 Å². The molecule has 2 N–H and O–H groups in total. The third-order valence-electron chi connectivity index (χ3n) is 5.98. The summed E-state index contributed by atoms with van der Waals surface area (Å²) in [4.78, 5) is 29.8. The van der Waals surface area contributed by atoms with Gasteiger partial charge in [-0.25, -0.2) is 14.4 Å². The highest BCUT2D eigenvalue weighted by Crippen LogP contribution is 2.35. The maximum Gasteiger partial charge on any atom is 0.247 e. The van der Waals surface area contributed by atoms with Crippen LogP contribution in [0.3, 0.4) is 0 Å². The summed E-state index contributed by atoms with van der Waals surface area (Å²) >= 11 is 0. The molecule has 198 valence electrons. The lowest BCUT2D eigenvalue weighted by Gasteiger charge is -2.24. The van der Waals surface area contributed by atoms with Gasteiger partial charge in [-0.05, 0) is 38.4 Å². The number of nitrogens with one attached hydrogen (secondary N) is 2. The second kappa shape index (κ2) is 11.3. The average molecular weight is 520 g/mol. The Kier molecular flexibility index (Phi) is 7.87. The molecule has 0 aliphatic rings. The predicted molar refractivity (Wildman–Crippen MR) is 149 cm³/mol. The number of anilines is 4. The van der Waals surface area contributed by atoms with Crippen LogP contribution in [-0.2, 0) is 11.8 Å². The molecule has 10 nitrogen and oxygen atoms in total. The van der Waals surface area contributed by atoms with E-state index in [1.165, 1.54) is 19.3 Å². The Bertz CT molecular complexity index is 1480. The number of benzene rings is 1. The zero-order chi connectivity index (χ0) is 27.4. The van der Waals surface area contributed by atoms with E-state index in [4.69, 9.17) is 4.74 Å². The van der Waals surface area contributed by atoms with Gasteiger partial charge in [0.15, 0.2) is 5.82 Å². The van der Waals surface area contributed by atoms with E-state index in [2.05, 4.69) is 37.1 Å². The number of hydrogen-bond acceptors (Lipinski definition) is 8. The van der Waals surface area contributed by atoms with Gasteiger partial charge in [0.05, 0.1) is 24.0 Å². The summed E-state index contributed by atoms with van der Waals surface area (Å²) in [5.41, 5.74) is 2.82. The molecule has 0 spiro atoms. The molecule has 3 aromatic heterocycles. The molecule has 0 bridgehead atoms. The standard InChI is InChI=1S/C27H31FN8O2/c1-7-23(37)30-21-15-22(26(38-6)33-25(21)35(4)14-13-34(2)3)32-27-29-12-11-20(31-27)18-16-36(5)24-17(18)9-8-10-19(24)28/h7-12,15-16H,1,13-14H2,2-6H3,(H,30,37)(H,29,31,32)/i30+1. The molecule has 4 aromatic rings. The minimum atomic E-state index is -0.369. The fourth-order valence-electron chi connectivity index (χ4n) is 4.07. The highest BCUT2D eigenvalue weighted by atomic mass is 19.1. The van der Waals surface area contributed by atoms with Gasteiger partial charge in [-0.3, -0.25) is 4.79 Å². The Morgan fingerprint density at radius 1 is 1.18 bits per heavy atom. The number of rotatable bonds is 10. The number of pyridine rings is 1. The number of nitrogens with zero attached hydrogens (tertiary/aromatic N) is 6. The summed E-state index contributed by atoms with van der Waals surface area (Å²) in [6, 6.07) is 8.45. The van der Waals surface area contributed by atoms with E-state index >= 15 is 0 Å². The molecule has 0 aliphatic carbocycles. The first kappa shape index (κ1) is 26.6. The number of ether oxygens (including phenoxy) is 1. The van der Waals surface area contributed by atoms with Crippen molar-refractivity contribution in [2.75, 3.05) is 56.9 Å². The van der Waals surface area contributed by atoms with Crippen LogP contribution in [0.1, 0.15) is 0 Å². The van der Waals surface area contributed by atoms with Gasteiger partial charge >= 0.3 is 0 Å². The van der Waals surface area contributed by atoms with Crippen molar-refractivity contribution in [1.29, 1.82) is 0 Å². The van der Waals surface area contributed by atoms with Crippen LogP contribution in [0, 0.1) is 5.82 Å². The van der Waals surface area contributed by atoms with Crippen molar-refractivity contribution >= 4 is 40.0 Å². The van der Waals surface area contributed by atoms with Gasteiger partial charge in [0.2, 0.25) is 17.7 Å². The normalized spacial score (nSPS) is 11.0. The minimum Gasteiger partial charge on any atom is -0.479 e. The molecule has 0 atom stereocenters. The van der Waals surface area contributed by atoms with Crippen molar-refractivity contribution in [2.45, 2.75) is 0 Å². The molecule has 0 unspecified atom stereocenters. The Labute approximate surface area is 220 Å². The fourth-order valence-corrected chi connectivity index (χ4v) is 4.07. The van der Waals surface area contributed by atoms with Gasteiger partial charge < -0.3 is 29.7 Å². The number of hydrogen-bond donors (Lipinski definition) is 2. The first-order valence-electron chi connectivity index (χ1n) is 11.9. The smallest absolute Gasteiger partial charge is 0.247 e. The summed E-state index contributed by atoms with van der Waals surface area (Å²) in [6.45, 7) is 5.00. The number of halogens is 1. The zero-order valence-corrected chi connectivity index (χ0v) is 22.1. The van der Waals surface area contributed by atoms with Crippen molar-refractivity contribution in [3.63, 3.8) is 0 Å². The maximum atomic E-state index is 14.4. The lowest BCUT2D eigenvalue weighted by atomic mass is 10.1. The minimum absolute atomic E-state index is 0.283. The number of methoxy groups -OCH3 is 1. The number of aromatic nitrogens is 4. The van der Waals surface area contributed by atoms with Crippen molar-refractivity contribution in [2.24, 2.45) is 7.05 Å². The fraction of sp³-hybridized carbons (Fsp3) is 0.259. The van der Waals surface area contributed by atoms with Crippen LogP contribution in [0.5, 0.6) is 5.88 Å². The molecule has 4 rings (SSSR count). The number of fused-ring (bicyclic) bond motifs is 1. The second-order valence-corrected chi connectivity index (χ2v) is 9.01. The van der Waals surface area contributed by atoms with Crippen molar-refractivity contribution in [3.05, 3.63) is 61.2 Å². The summed E-state index contributed by atoms with van der Waals surface area (Å²) in [5, 5.41) is 6.72. The van der Waals surface area contributed by atoms with Crippen LogP contribution in [-0.4, -0.2) is 71.7 Å². The molecule has 0 saturated carbocycles. The van der Waals surface area contributed by atoms with Gasteiger partial charge in [-0.15, -0.1) is 0 Å². The molecule has 11 heteroatoms. The Balaban J connectivity index is 1.72. The number of carbonyl (C=O) groups is 1. The van der Waals surface area contributed by atoms with Crippen LogP contribution < -0.4 is 20.3 Å². The van der Waals surface area contributed by atoms with E-state index in [1.54, 1.807) is 36.0 Å². The number of para-hydroxylation sites is 1. The van der Waals surface area contributed by atoms with Gasteiger partial charge in [0.1, 0.15) is 11.5 Å². The van der Waals surface area contributed by atoms with Crippen molar-refractivity contribution in [1.82, 2.24) is 24.4 Å². The van der Waals surface area contributed by atoms with Crippen LogP contribution in [0.25, 0.3) is 22.2 Å². The van der Waals surface area contributed by atoms with E-state index in [-0.39, 0.29) is 17.7 Å². The molecule has 1 aromatic carbocycles. The van der Waals surface area contributed by atoms with E-state index in [9.17, 15) is 9.18 Å². The first-order valence-corrected chi connectivity index (χ1v) is 11.9. The number of carbonyl (C=O) groups excluding carboxylic acids is 1. The Morgan fingerprint density at radius 3 is 2.68 bits per heavy atom. The second-order valence-electron chi connectivity index (χ2n) is 9.01. The van der Waals surface area contributed by atoms with Crippen molar-refractivity contribution in [3.8, 4) is 17.1 Å². The largest absolute Gasteiger partial charge is 0.479 e. The molecule has 0 fully saturated rings. The van der Waals surface area contributed by atoms with Gasteiger partial charge in [0.25, 0.3) is 0 Å². The Hall–Kier alpha value is -4.51. The maximum absolute atomic E-state index is 14.4. The molecule has 0 saturated heterocycles. The molecule has 3 heterocycles. The molecule has 1 amide bonds. The van der Waals surface area contributed by atoms with Gasteiger partial charge in [0, 0.05) is 50.5 Å². The molecule has 38 heavy (non-hydrogen) atoms. The third kappa shape index (κ3) is 5.57. The summed E-state index contributed by atoms with van der Waals surface area (Å²) < 4.78 is 21.7. The van der Waals surface area contributed by atoms with Gasteiger partial charge in [-0.1, -0.05) is 18.7 Å². The van der Waals surface area contributed by atoms with Crippen LogP contribution in [0.4, 0.5) is 27.5 Å². The molecular formula is C27H31FN8O2. The van der Waals surface area contributed by atoms with Gasteiger partial charge in [-0.2, -0.15) is 4.98 Å². The zero-order valence-electron chi connectivity index (χ0n) is 22.1. The number of likely N-dealkylation sites (N-methyl/N-ethyl adjacent to an activating group) is 2.